The van der Waals surface area contributed by atoms with Crippen LogP contribution in [0.2, 0.25) is 0 Å². The topological polar surface area (TPSA) is 17.8 Å². The molecule has 3 atom stereocenters. The molecule has 1 aromatic heterocycles. The van der Waals surface area contributed by atoms with E-state index in [-0.39, 0.29) is 0 Å². The molecule has 0 bridgehead atoms. The largest absolute Gasteiger partial charge is 0.327 e. The Hall–Kier alpha value is -1.31. The summed E-state index contributed by atoms with van der Waals surface area (Å²) in [6, 6.07) is 5.16. The van der Waals surface area contributed by atoms with Crippen LogP contribution in [0.25, 0.3) is 11.0 Å². The molecular weight excluding hydrogens is 232 g/mol. The SMILES string of the molecule is Cc1cc2ncn(C3CCC(C)C(C)C3)c2cc1C. The number of fused-ring (bicyclic) bond motifs is 1. The number of aromatic nitrogens is 2. The Morgan fingerprint density at radius 3 is 2.53 bits per heavy atom. The Kier molecular flexibility index (Phi) is 3.12. The molecule has 0 spiro atoms. The molecule has 0 N–H and O–H groups in total. The quantitative estimate of drug-likeness (QED) is 0.726. The van der Waals surface area contributed by atoms with Crippen LogP contribution in [0.3, 0.4) is 0 Å². The van der Waals surface area contributed by atoms with Gasteiger partial charge in [0.15, 0.2) is 0 Å². The maximum Gasteiger partial charge on any atom is 0.0960 e. The maximum absolute atomic E-state index is 4.60. The predicted octanol–water partition coefficient (Wildman–Crippen LogP) is 4.65. The lowest BCUT2D eigenvalue weighted by Crippen LogP contribution is -2.22. The molecule has 3 unspecified atom stereocenters. The van der Waals surface area contributed by atoms with Gasteiger partial charge in [0.25, 0.3) is 0 Å². The zero-order valence-corrected chi connectivity index (χ0v) is 12.5. The van der Waals surface area contributed by atoms with E-state index in [0.29, 0.717) is 6.04 Å². The summed E-state index contributed by atoms with van der Waals surface area (Å²) in [5.41, 5.74) is 5.17. The molecule has 19 heavy (non-hydrogen) atoms. The van der Waals surface area contributed by atoms with Gasteiger partial charge in [-0.1, -0.05) is 13.8 Å². The molecule has 0 radical (unpaired) electrons. The second-order valence-electron chi connectivity index (χ2n) is 6.50. The minimum atomic E-state index is 0.637. The third-order valence-electron chi connectivity index (χ3n) is 5.15. The van der Waals surface area contributed by atoms with Gasteiger partial charge in [-0.25, -0.2) is 4.98 Å². The van der Waals surface area contributed by atoms with E-state index in [2.05, 4.69) is 55.7 Å². The van der Waals surface area contributed by atoms with Crippen LogP contribution in [-0.4, -0.2) is 9.55 Å². The zero-order valence-electron chi connectivity index (χ0n) is 12.5. The molecule has 102 valence electrons. The van der Waals surface area contributed by atoms with E-state index in [9.17, 15) is 0 Å². The molecule has 1 aliphatic rings. The van der Waals surface area contributed by atoms with E-state index in [4.69, 9.17) is 0 Å². The maximum atomic E-state index is 4.60. The van der Waals surface area contributed by atoms with Gasteiger partial charge in [-0.2, -0.15) is 0 Å². The van der Waals surface area contributed by atoms with E-state index < -0.39 is 0 Å². The summed E-state index contributed by atoms with van der Waals surface area (Å²) in [5.74, 6) is 1.69. The first kappa shape index (κ1) is 12.7. The van der Waals surface area contributed by atoms with Crippen molar-refractivity contribution < 1.29 is 0 Å². The fraction of sp³-hybridized carbons (Fsp3) is 0.588. The third kappa shape index (κ3) is 2.18. The first-order valence-corrected chi connectivity index (χ1v) is 7.50. The highest BCUT2D eigenvalue weighted by atomic mass is 15.1. The van der Waals surface area contributed by atoms with Gasteiger partial charge in [-0.05, 0) is 68.2 Å². The summed E-state index contributed by atoms with van der Waals surface area (Å²) in [5, 5.41) is 0. The van der Waals surface area contributed by atoms with Crippen LogP contribution in [-0.2, 0) is 0 Å². The number of rotatable bonds is 1. The molecule has 1 heterocycles. The molecule has 2 nitrogen and oxygen atoms in total. The van der Waals surface area contributed by atoms with Crippen LogP contribution >= 0.6 is 0 Å². The normalized spacial score (nSPS) is 27.9. The van der Waals surface area contributed by atoms with Crippen LogP contribution in [0.1, 0.15) is 50.3 Å². The number of nitrogens with zero attached hydrogens (tertiary/aromatic N) is 2. The van der Waals surface area contributed by atoms with Crippen molar-refractivity contribution in [3.63, 3.8) is 0 Å². The predicted molar refractivity (Wildman–Crippen MR) is 80.4 cm³/mol. The number of imidazole rings is 1. The van der Waals surface area contributed by atoms with Gasteiger partial charge in [0.05, 0.1) is 17.4 Å². The summed E-state index contributed by atoms with van der Waals surface area (Å²) in [6.45, 7) is 9.14. The van der Waals surface area contributed by atoms with E-state index >= 15 is 0 Å². The Labute approximate surface area is 115 Å². The first-order valence-electron chi connectivity index (χ1n) is 7.50. The van der Waals surface area contributed by atoms with Gasteiger partial charge in [0, 0.05) is 6.04 Å². The van der Waals surface area contributed by atoms with Gasteiger partial charge < -0.3 is 4.57 Å². The fourth-order valence-corrected chi connectivity index (χ4v) is 3.35. The van der Waals surface area contributed by atoms with Crippen LogP contribution in [0.5, 0.6) is 0 Å². The van der Waals surface area contributed by atoms with Crippen molar-refractivity contribution >= 4 is 11.0 Å². The van der Waals surface area contributed by atoms with Gasteiger partial charge in [-0.15, -0.1) is 0 Å². The van der Waals surface area contributed by atoms with Crippen molar-refractivity contribution in [1.82, 2.24) is 9.55 Å². The van der Waals surface area contributed by atoms with Gasteiger partial charge in [-0.3, -0.25) is 0 Å². The molecule has 1 aliphatic carbocycles. The number of hydrogen-bond donors (Lipinski definition) is 0. The summed E-state index contributed by atoms with van der Waals surface area (Å²) in [6.07, 6.45) is 5.98. The zero-order chi connectivity index (χ0) is 13.6. The number of aryl methyl sites for hydroxylation is 2. The molecule has 3 rings (SSSR count). The van der Waals surface area contributed by atoms with Crippen LogP contribution < -0.4 is 0 Å². The van der Waals surface area contributed by atoms with Crippen molar-refractivity contribution in [3.8, 4) is 0 Å². The Morgan fingerprint density at radius 2 is 1.79 bits per heavy atom. The molecule has 0 saturated heterocycles. The molecule has 0 amide bonds. The summed E-state index contributed by atoms with van der Waals surface area (Å²) >= 11 is 0. The Bertz CT molecular complexity index is 597. The van der Waals surface area contributed by atoms with Crippen molar-refractivity contribution in [1.29, 1.82) is 0 Å². The molecule has 2 aromatic rings. The smallest absolute Gasteiger partial charge is 0.0960 e. The Morgan fingerprint density at radius 1 is 1.05 bits per heavy atom. The first-order chi connectivity index (χ1) is 9.06. The monoisotopic (exact) mass is 256 g/mol. The van der Waals surface area contributed by atoms with E-state index in [1.165, 1.54) is 35.9 Å². The minimum absolute atomic E-state index is 0.637. The van der Waals surface area contributed by atoms with Crippen molar-refractivity contribution in [2.75, 3.05) is 0 Å². The van der Waals surface area contributed by atoms with Gasteiger partial charge in [0.1, 0.15) is 0 Å². The van der Waals surface area contributed by atoms with Crippen molar-refractivity contribution in [3.05, 3.63) is 29.6 Å². The van der Waals surface area contributed by atoms with Crippen LogP contribution in [0.15, 0.2) is 18.5 Å². The standard InChI is InChI=1S/C17H24N2/c1-11-5-6-15(7-12(11)2)19-10-18-16-8-13(3)14(4)9-17(16)19/h8-12,15H,5-7H2,1-4H3. The average molecular weight is 256 g/mol. The molecule has 1 aromatic carbocycles. The average Bonchev–Trinajstić information content (AvgIpc) is 2.76. The third-order valence-corrected chi connectivity index (χ3v) is 5.15. The second-order valence-corrected chi connectivity index (χ2v) is 6.50. The lowest BCUT2D eigenvalue weighted by atomic mass is 9.79. The van der Waals surface area contributed by atoms with Gasteiger partial charge in [0.2, 0.25) is 0 Å². The van der Waals surface area contributed by atoms with Crippen LogP contribution in [0, 0.1) is 25.7 Å². The van der Waals surface area contributed by atoms with Crippen molar-refractivity contribution in [2.24, 2.45) is 11.8 Å². The molecule has 0 aliphatic heterocycles. The van der Waals surface area contributed by atoms with Crippen LogP contribution in [0.4, 0.5) is 0 Å². The molecular formula is C17H24N2. The summed E-state index contributed by atoms with van der Waals surface area (Å²) in [7, 11) is 0. The lowest BCUT2D eigenvalue weighted by molar-refractivity contribution is 0.213. The number of benzene rings is 1. The number of hydrogen-bond acceptors (Lipinski definition) is 1. The van der Waals surface area contributed by atoms with E-state index in [0.717, 1.165) is 17.4 Å². The summed E-state index contributed by atoms with van der Waals surface area (Å²) in [4.78, 5) is 4.60. The van der Waals surface area contributed by atoms with Crippen molar-refractivity contribution in [2.45, 2.75) is 53.0 Å². The van der Waals surface area contributed by atoms with E-state index in [1.54, 1.807) is 0 Å². The molecule has 1 fully saturated rings. The highest BCUT2D eigenvalue weighted by Gasteiger charge is 2.26. The lowest BCUT2D eigenvalue weighted by Gasteiger charge is -2.33. The minimum Gasteiger partial charge on any atom is -0.327 e. The fourth-order valence-electron chi connectivity index (χ4n) is 3.35. The highest BCUT2D eigenvalue weighted by Crippen LogP contribution is 2.37. The summed E-state index contributed by atoms with van der Waals surface area (Å²) < 4.78 is 2.42. The van der Waals surface area contributed by atoms with Gasteiger partial charge >= 0.3 is 0 Å². The Balaban J connectivity index is 1.99. The second kappa shape index (κ2) is 4.66. The molecule has 2 heteroatoms. The van der Waals surface area contributed by atoms with E-state index in [1.807, 2.05) is 0 Å². The highest BCUT2D eigenvalue weighted by molar-refractivity contribution is 5.77. The molecule has 1 saturated carbocycles.